The number of rotatable bonds is 8. The Bertz CT molecular complexity index is 442. The van der Waals surface area contributed by atoms with Gasteiger partial charge < -0.3 is 27.6 Å². The molecule has 2 saturated heterocycles. The predicted octanol–water partition coefficient (Wildman–Crippen LogP) is 3.50. The van der Waals surface area contributed by atoms with Gasteiger partial charge in [-0.05, 0) is 45.6 Å². The molecular formula is C17H37BO6Si2. The van der Waals surface area contributed by atoms with Crippen LogP contribution >= 0.6 is 0 Å². The van der Waals surface area contributed by atoms with Gasteiger partial charge in [0.1, 0.15) is 18.3 Å². The van der Waals surface area contributed by atoms with Crippen molar-refractivity contribution in [2.75, 3.05) is 13.7 Å². The fourth-order valence-electron chi connectivity index (χ4n) is 3.38. The maximum atomic E-state index is 6.59. The van der Waals surface area contributed by atoms with Crippen molar-refractivity contribution < 1.29 is 27.6 Å². The van der Waals surface area contributed by atoms with Gasteiger partial charge in [0.15, 0.2) is 22.9 Å². The van der Waals surface area contributed by atoms with Crippen LogP contribution in [0.2, 0.25) is 45.6 Å². The Morgan fingerprint density at radius 1 is 1.00 bits per heavy atom. The van der Waals surface area contributed by atoms with Crippen LogP contribution in [0.1, 0.15) is 19.8 Å². The third-order valence-corrected chi connectivity index (χ3v) is 6.31. The van der Waals surface area contributed by atoms with Crippen LogP contribution in [0.25, 0.3) is 0 Å². The quantitative estimate of drug-likeness (QED) is 0.577. The van der Waals surface area contributed by atoms with Gasteiger partial charge >= 0.3 is 7.12 Å². The number of hydrogen-bond acceptors (Lipinski definition) is 6. The van der Waals surface area contributed by atoms with Gasteiger partial charge in [0.2, 0.25) is 0 Å². The molecule has 2 aliphatic rings. The fourth-order valence-corrected chi connectivity index (χ4v) is 5.53. The Hall–Kier alpha value is 0.259. The zero-order chi connectivity index (χ0) is 19.5. The molecule has 9 heteroatoms. The number of hydrogen-bond donors (Lipinski definition) is 0. The molecule has 2 fully saturated rings. The first-order valence-electron chi connectivity index (χ1n) is 9.85. The molecule has 6 nitrogen and oxygen atoms in total. The maximum Gasteiger partial charge on any atom is 0.457 e. The van der Waals surface area contributed by atoms with Crippen LogP contribution in [-0.4, -0.2) is 68.2 Å². The number of methoxy groups -OCH3 is 1. The normalized spacial score (nSPS) is 33.2. The van der Waals surface area contributed by atoms with Gasteiger partial charge in [-0.3, -0.25) is 0 Å². The number of ether oxygens (including phenoxy) is 2. The molecule has 0 aromatic carbocycles. The van der Waals surface area contributed by atoms with E-state index < -0.39 is 22.9 Å². The van der Waals surface area contributed by atoms with Crippen molar-refractivity contribution in [1.29, 1.82) is 0 Å². The second kappa shape index (κ2) is 9.17. The zero-order valence-electron chi connectivity index (χ0n) is 17.7. The van der Waals surface area contributed by atoms with E-state index in [0.29, 0.717) is 6.61 Å². The van der Waals surface area contributed by atoms with Crippen molar-refractivity contribution >= 4 is 23.8 Å². The molecule has 0 spiro atoms. The van der Waals surface area contributed by atoms with Gasteiger partial charge in [-0.15, -0.1) is 0 Å². The monoisotopic (exact) mass is 404 g/mol. The lowest BCUT2D eigenvalue weighted by molar-refractivity contribution is -0.292. The first kappa shape index (κ1) is 22.5. The van der Waals surface area contributed by atoms with E-state index in [2.05, 4.69) is 46.2 Å². The van der Waals surface area contributed by atoms with Crippen LogP contribution in [0.3, 0.4) is 0 Å². The highest BCUT2D eigenvalue weighted by Gasteiger charge is 2.53. The molecule has 5 unspecified atom stereocenters. The summed E-state index contributed by atoms with van der Waals surface area (Å²) in [6.07, 6.45) is 1.75. The molecule has 0 saturated carbocycles. The lowest BCUT2D eigenvalue weighted by atomic mass is 9.79. The largest absolute Gasteiger partial charge is 0.457 e. The number of fused-ring (bicyclic) bond motifs is 1. The van der Waals surface area contributed by atoms with E-state index in [9.17, 15) is 0 Å². The molecule has 26 heavy (non-hydrogen) atoms. The first-order valence-corrected chi connectivity index (χ1v) is 16.7. The highest BCUT2D eigenvalue weighted by atomic mass is 28.4. The predicted molar refractivity (Wildman–Crippen MR) is 108 cm³/mol. The average molecular weight is 404 g/mol. The molecule has 0 N–H and O–H groups in total. The van der Waals surface area contributed by atoms with E-state index in [0.717, 1.165) is 19.2 Å². The molecule has 2 rings (SSSR count). The van der Waals surface area contributed by atoms with Crippen LogP contribution in [0.5, 0.6) is 0 Å². The molecule has 2 aliphatic heterocycles. The van der Waals surface area contributed by atoms with E-state index in [1.807, 2.05) is 0 Å². The third-order valence-electron chi connectivity index (χ3n) is 4.35. The minimum absolute atomic E-state index is 0.190. The summed E-state index contributed by atoms with van der Waals surface area (Å²) in [5, 5.41) is 0. The first-order chi connectivity index (χ1) is 12.0. The summed E-state index contributed by atoms with van der Waals surface area (Å²) in [4.78, 5) is 0. The Labute approximate surface area is 161 Å². The molecule has 0 radical (unpaired) electrons. The molecule has 0 aliphatic carbocycles. The zero-order valence-corrected chi connectivity index (χ0v) is 19.7. The molecule has 0 amide bonds. The molecule has 0 aromatic rings. The van der Waals surface area contributed by atoms with Gasteiger partial charge in [0.05, 0.1) is 12.7 Å². The highest BCUT2D eigenvalue weighted by molar-refractivity contribution is 6.70. The summed E-state index contributed by atoms with van der Waals surface area (Å²) < 4.78 is 37.0. The summed E-state index contributed by atoms with van der Waals surface area (Å²) in [7, 11) is -2.19. The second-order valence-electron chi connectivity index (χ2n) is 9.17. The van der Waals surface area contributed by atoms with Crippen molar-refractivity contribution in [3.63, 3.8) is 0 Å². The Balaban J connectivity index is 2.24. The topological polar surface area (TPSA) is 55.4 Å². The lowest BCUT2D eigenvalue weighted by Crippen LogP contribution is -2.67. The van der Waals surface area contributed by atoms with E-state index in [-0.39, 0.29) is 31.5 Å². The van der Waals surface area contributed by atoms with E-state index in [1.54, 1.807) is 7.11 Å². The smallest absolute Gasteiger partial charge is 0.409 e. The minimum atomic E-state index is -1.83. The molecule has 0 bridgehead atoms. The van der Waals surface area contributed by atoms with Gasteiger partial charge in [-0.1, -0.05) is 19.8 Å². The van der Waals surface area contributed by atoms with E-state index in [4.69, 9.17) is 27.6 Å². The summed E-state index contributed by atoms with van der Waals surface area (Å²) in [5.41, 5.74) is 0. The SMILES string of the molecule is CCCCB1OCC2OC(OC)C(O[Si](C)(C)C)C(O[Si](C)(C)C)C2O1. The molecular weight excluding hydrogens is 367 g/mol. The van der Waals surface area contributed by atoms with Crippen LogP contribution < -0.4 is 0 Å². The van der Waals surface area contributed by atoms with Crippen molar-refractivity contribution in [2.24, 2.45) is 0 Å². The van der Waals surface area contributed by atoms with Gasteiger partial charge in [0.25, 0.3) is 0 Å². The van der Waals surface area contributed by atoms with Crippen molar-refractivity contribution in [3.8, 4) is 0 Å². The summed E-state index contributed by atoms with van der Waals surface area (Å²) in [6.45, 7) is 15.8. The van der Waals surface area contributed by atoms with E-state index in [1.165, 1.54) is 0 Å². The minimum Gasteiger partial charge on any atom is -0.409 e. The van der Waals surface area contributed by atoms with Crippen molar-refractivity contribution in [2.45, 2.75) is 96.1 Å². The van der Waals surface area contributed by atoms with Crippen LogP contribution in [0.4, 0.5) is 0 Å². The summed E-state index contributed by atoms with van der Waals surface area (Å²) in [6, 6.07) is 0. The van der Waals surface area contributed by atoms with Crippen LogP contribution in [-0.2, 0) is 27.6 Å². The Morgan fingerprint density at radius 2 is 1.62 bits per heavy atom. The summed E-state index contributed by atoms with van der Waals surface area (Å²) in [5.74, 6) is 0. The van der Waals surface area contributed by atoms with Gasteiger partial charge in [0, 0.05) is 7.11 Å². The van der Waals surface area contributed by atoms with Gasteiger partial charge in [-0.25, -0.2) is 0 Å². The fraction of sp³-hybridized carbons (Fsp3) is 1.00. The third kappa shape index (κ3) is 6.41. The van der Waals surface area contributed by atoms with Crippen LogP contribution in [0, 0.1) is 0 Å². The summed E-state index contributed by atoms with van der Waals surface area (Å²) >= 11 is 0. The maximum absolute atomic E-state index is 6.59. The number of unbranched alkanes of at least 4 members (excludes halogenated alkanes) is 1. The molecule has 2 heterocycles. The highest BCUT2D eigenvalue weighted by Crippen LogP contribution is 2.35. The lowest BCUT2D eigenvalue weighted by Gasteiger charge is -2.51. The van der Waals surface area contributed by atoms with Gasteiger partial charge in [-0.2, -0.15) is 0 Å². The molecule has 5 atom stereocenters. The van der Waals surface area contributed by atoms with E-state index >= 15 is 0 Å². The Morgan fingerprint density at radius 3 is 2.15 bits per heavy atom. The average Bonchev–Trinajstić information content (AvgIpc) is 2.52. The standard InChI is InChI=1S/C17H37BO6Si2/c1-9-10-11-18-20-12-13-14(22-18)15(23-25(3,4)5)16(17(19-2)21-13)24-26(6,7)8/h13-17H,9-12H2,1-8H3. The van der Waals surface area contributed by atoms with Crippen molar-refractivity contribution in [1.82, 2.24) is 0 Å². The van der Waals surface area contributed by atoms with Crippen LogP contribution in [0.15, 0.2) is 0 Å². The molecule has 152 valence electrons. The Kier molecular flexibility index (Phi) is 7.95. The van der Waals surface area contributed by atoms with Crippen molar-refractivity contribution in [3.05, 3.63) is 0 Å². The second-order valence-corrected chi connectivity index (χ2v) is 18.1. The molecule has 0 aromatic heterocycles.